The first-order valence-electron chi connectivity index (χ1n) is 12.5. The van der Waals surface area contributed by atoms with Crippen LogP contribution in [0.2, 0.25) is 10.0 Å². The van der Waals surface area contributed by atoms with Crippen LogP contribution in [0.25, 0.3) is 0 Å². The van der Waals surface area contributed by atoms with Crippen molar-refractivity contribution in [2.45, 2.75) is 45.3 Å². The van der Waals surface area contributed by atoms with E-state index in [1.54, 1.807) is 0 Å². The number of benzene rings is 3. The number of carbonyl (C=O) groups excluding carboxylic acids is 2. The molecule has 40 heavy (non-hydrogen) atoms. The van der Waals surface area contributed by atoms with Crippen LogP contribution in [0.3, 0.4) is 0 Å². The molecule has 0 aliphatic carbocycles. The van der Waals surface area contributed by atoms with Crippen molar-refractivity contribution in [2.24, 2.45) is 0 Å². The Morgan fingerprint density at radius 3 is 2.15 bits per heavy atom. The molecule has 0 fully saturated rings. The maximum absolute atomic E-state index is 14.1. The number of carbonyl (C=O) groups is 2. The topological polar surface area (TPSA) is 86.8 Å². The molecule has 214 valence electrons. The smallest absolute Gasteiger partial charge is 0.244 e. The molecule has 0 aromatic heterocycles. The first-order chi connectivity index (χ1) is 18.6. The molecule has 3 aromatic rings. The third-order valence-electron chi connectivity index (χ3n) is 5.88. The minimum absolute atomic E-state index is 0.0757. The van der Waals surface area contributed by atoms with Crippen molar-refractivity contribution in [1.82, 2.24) is 10.2 Å². The van der Waals surface area contributed by atoms with Gasteiger partial charge in [-0.05, 0) is 62.2 Å². The molecule has 3 aromatic carbocycles. The van der Waals surface area contributed by atoms with Crippen LogP contribution in [-0.2, 0) is 32.6 Å². The molecule has 0 aliphatic heterocycles. The van der Waals surface area contributed by atoms with Crippen molar-refractivity contribution < 1.29 is 18.0 Å². The van der Waals surface area contributed by atoms with E-state index in [1.165, 1.54) is 23.1 Å². The second kappa shape index (κ2) is 13.4. The molecule has 11 heteroatoms. The van der Waals surface area contributed by atoms with Crippen molar-refractivity contribution in [3.8, 4) is 0 Å². The summed E-state index contributed by atoms with van der Waals surface area (Å²) in [5.41, 5.74) is 1.25. The standard InChI is InChI=1S/C29H32BrCl2N3O4S/c1-29(2,3)33-28(37)26(16-20-9-6-5-7-10-20)34(18-21-11-8-12-22(30)15-21)27(36)19-35(40(4,38)39)23-13-14-24(31)25(32)17-23/h5-15,17,26H,16,18-19H2,1-4H3,(H,33,37)/t26-/m0/s1. The molecule has 0 aliphatic rings. The van der Waals surface area contributed by atoms with Crippen molar-refractivity contribution in [2.75, 3.05) is 17.1 Å². The van der Waals surface area contributed by atoms with Gasteiger partial charge in [-0.1, -0.05) is 81.6 Å². The molecule has 7 nitrogen and oxygen atoms in total. The molecule has 3 rings (SSSR count). The zero-order valence-corrected chi connectivity index (χ0v) is 26.6. The molecule has 0 saturated carbocycles. The Bertz CT molecular complexity index is 1460. The van der Waals surface area contributed by atoms with Gasteiger partial charge in [-0.25, -0.2) is 8.42 Å². The lowest BCUT2D eigenvalue weighted by Gasteiger charge is -2.35. The fourth-order valence-corrected chi connectivity index (χ4v) is 5.67. The summed E-state index contributed by atoms with van der Waals surface area (Å²) >= 11 is 15.7. The van der Waals surface area contributed by atoms with Crippen LogP contribution >= 0.6 is 39.1 Å². The lowest BCUT2D eigenvalue weighted by molar-refractivity contribution is -0.140. The molecular weight excluding hydrogens is 637 g/mol. The molecular formula is C29H32BrCl2N3O4S. The molecule has 0 bridgehead atoms. The first kappa shape index (κ1) is 31.9. The van der Waals surface area contributed by atoms with Gasteiger partial charge in [0, 0.05) is 23.0 Å². The van der Waals surface area contributed by atoms with Gasteiger partial charge < -0.3 is 10.2 Å². The Kier molecular flexibility index (Phi) is 10.7. The van der Waals surface area contributed by atoms with E-state index < -0.39 is 34.1 Å². The van der Waals surface area contributed by atoms with Gasteiger partial charge in [-0.15, -0.1) is 0 Å². The Labute approximate surface area is 254 Å². The monoisotopic (exact) mass is 667 g/mol. The fourth-order valence-electron chi connectivity index (χ4n) is 4.09. The summed E-state index contributed by atoms with van der Waals surface area (Å²) in [4.78, 5) is 29.2. The third kappa shape index (κ3) is 9.23. The van der Waals surface area contributed by atoms with Crippen LogP contribution in [0.4, 0.5) is 5.69 Å². The summed E-state index contributed by atoms with van der Waals surface area (Å²) in [6.07, 6.45) is 1.24. The van der Waals surface area contributed by atoms with Gasteiger partial charge in [-0.3, -0.25) is 13.9 Å². The number of nitrogens with one attached hydrogen (secondary N) is 1. The number of rotatable bonds is 10. The van der Waals surface area contributed by atoms with Crippen LogP contribution in [0.5, 0.6) is 0 Å². The van der Waals surface area contributed by atoms with Crippen LogP contribution in [-0.4, -0.2) is 49.5 Å². The van der Waals surface area contributed by atoms with Crippen molar-refractivity contribution in [1.29, 1.82) is 0 Å². The van der Waals surface area contributed by atoms with Gasteiger partial charge in [0.2, 0.25) is 21.8 Å². The Balaban J connectivity index is 2.09. The van der Waals surface area contributed by atoms with Crippen molar-refractivity contribution >= 4 is 66.7 Å². The summed E-state index contributed by atoms with van der Waals surface area (Å²) in [6.45, 7) is 5.12. The quantitative estimate of drug-likeness (QED) is 0.284. The van der Waals surface area contributed by atoms with E-state index in [4.69, 9.17) is 23.2 Å². The summed E-state index contributed by atoms with van der Waals surface area (Å²) in [7, 11) is -3.91. The number of sulfonamides is 1. The Hall–Kier alpha value is -2.59. The highest BCUT2D eigenvalue weighted by Crippen LogP contribution is 2.29. The third-order valence-corrected chi connectivity index (χ3v) is 8.25. The van der Waals surface area contributed by atoms with Crippen LogP contribution in [0.1, 0.15) is 31.9 Å². The maximum atomic E-state index is 14.1. The second-order valence-electron chi connectivity index (χ2n) is 10.5. The number of hydrogen-bond donors (Lipinski definition) is 1. The van der Waals surface area contributed by atoms with Crippen LogP contribution in [0, 0.1) is 0 Å². The molecule has 0 saturated heterocycles. The highest BCUT2D eigenvalue weighted by molar-refractivity contribution is 9.10. The molecule has 0 heterocycles. The molecule has 2 amide bonds. The summed E-state index contributed by atoms with van der Waals surface area (Å²) in [5, 5.41) is 3.40. The van der Waals surface area contributed by atoms with Crippen LogP contribution < -0.4 is 9.62 Å². The largest absolute Gasteiger partial charge is 0.350 e. The zero-order valence-electron chi connectivity index (χ0n) is 22.7. The lowest BCUT2D eigenvalue weighted by atomic mass is 10.0. The summed E-state index contributed by atoms with van der Waals surface area (Å²) in [5.74, 6) is -0.901. The Morgan fingerprint density at radius 1 is 0.925 bits per heavy atom. The highest BCUT2D eigenvalue weighted by Gasteiger charge is 2.34. The molecule has 0 spiro atoms. The predicted molar refractivity (Wildman–Crippen MR) is 165 cm³/mol. The van der Waals surface area contributed by atoms with E-state index >= 15 is 0 Å². The van der Waals surface area contributed by atoms with E-state index in [0.717, 1.165) is 26.2 Å². The fraction of sp³-hybridized carbons (Fsp3) is 0.310. The van der Waals surface area contributed by atoms with Gasteiger partial charge >= 0.3 is 0 Å². The first-order valence-corrected chi connectivity index (χ1v) is 15.9. The predicted octanol–water partition coefficient (Wildman–Crippen LogP) is 6.08. The van der Waals surface area contributed by atoms with Crippen molar-refractivity contribution in [3.63, 3.8) is 0 Å². The SMILES string of the molecule is CC(C)(C)NC(=O)[C@H](Cc1ccccc1)N(Cc1cccc(Br)c1)C(=O)CN(c1ccc(Cl)c(Cl)c1)S(C)(=O)=O. The van der Waals surface area contributed by atoms with E-state index in [0.29, 0.717) is 0 Å². The van der Waals surface area contributed by atoms with Gasteiger partial charge in [0.15, 0.2) is 0 Å². The molecule has 0 unspecified atom stereocenters. The molecule has 1 atom stereocenters. The average molecular weight is 669 g/mol. The number of hydrogen-bond acceptors (Lipinski definition) is 4. The van der Waals surface area contributed by atoms with Gasteiger partial charge in [0.05, 0.1) is 22.0 Å². The molecule has 0 radical (unpaired) electrons. The van der Waals surface area contributed by atoms with Gasteiger partial charge in [0.1, 0.15) is 12.6 Å². The lowest BCUT2D eigenvalue weighted by Crippen LogP contribution is -2.56. The summed E-state index contributed by atoms with van der Waals surface area (Å²) in [6, 6.07) is 20.2. The van der Waals surface area contributed by atoms with Gasteiger partial charge in [0.25, 0.3) is 0 Å². The van der Waals surface area contributed by atoms with E-state index in [9.17, 15) is 18.0 Å². The van der Waals surface area contributed by atoms with Gasteiger partial charge in [-0.2, -0.15) is 0 Å². The second-order valence-corrected chi connectivity index (χ2v) is 14.1. The Morgan fingerprint density at radius 2 is 1.57 bits per heavy atom. The highest BCUT2D eigenvalue weighted by atomic mass is 79.9. The summed E-state index contributed by atoms with van der Waals surface area (Å²) < 4.78 is 27.5. The maximum Gasteiger partial charge on any atom is 0.244 e. The average Bonchev–Trinajstić information content (AvgIpc) is 2.85. The normalized spacial score (nSPS) is 12.5. The zero-order chi connectivity index (χ0) is 29.7. The minimum Gasteiger partial charge on any atom is -0.350 e. The minimum atomic E-state index is -3.91. The number of amides is 2. The van der Waals surface area contributed by atoms with E-state index in [1.807, 2.05) is 75.4 Å². The van der Waals surface area contributed by atoms with Crippen molar-refractivity contribution in [3.05, 3.63) is 98.4 Å². The number of anilines is 1. The van der Waals surface area contributed by atoms with E-state index in [2.05, 4.69) is 21.2 Å². The number of nitrogens with zero attached hydrogens (tertiary/aromatic N) is 2. The van der Waals surface area contributed by atoms with E-state index in [-0.39, 0.29) is 34.6 Å². The number of halogens is 3. The van der Waals surface area contributed by atoms with Crippen LogP contribution in [0.15, 0.2) is 77.3 Å². The molecule has 1 N–H and O–H groups in total.